The number of hydrogen-bond acceptors (Lipinski definition) is 6. The first kappa shape index (κ1) is 14.6. The van der Waals surface area contributed by atoms with E-state index in [0.29, 0.717) is 5.69 Å². The zero-order chi connectivity index (χ0) is 15.5. The lowest BCUT2D eigenvalue weighted by Gasteiger charge is -2.02. The Balaban J connectivity index is 1.77. The second-order valence-electron chi connectivity index (χ2n) is 4.35. The lowest BCUT2D eigenvalue weighted by atomic mass is 10.3. The van der Waals surface area contributed by atoms with Gasteiger partial charge in [0.2, 0.25) is 5.91 Å². The number of anilines is 1. The quantitative estimate of drug-likeness (QED) is 0.700. The molecule has 1 aromatic carbocycles. The summed E-state index contributed by atoms with van der Waals surface area (Å²) in [7, 11) is 0. The molecule has 8 heteroatoms. The Morgan fingerprint density at radius 1 is 1.36 bits per heavy atom. The Morgan fingerprint density at radius 2 is 2.23 bits per heavy atom. The summed E-state index contributed by atoms with van der Waals surface area (Å²) >= 11 is 2.75. The molecule has 0 saturated carbocycles. The van der Waals surface area contributed by atoms with Crippen LogP contribution in [0, 0.1) is 0 Å². The molecule has 22 heavy (non-hydrogen) atoms. The van der Waals surface area contributed by atoms with Crippen LogP contribution in [0.2, 0.25) is 0 Å². The molecule has 0 aliphatic rings. The molecule has 0 aliphatic carbocycles. The Bertz CT molecular complexity index is 827. The van der Waals surface area contributed by atoms with Crippen molar-refractivity contribution >= 4 is 50.8 Å². The molecular weight excluding hydrogens is 322 g/mol. The zero-order valence-corrected chi connectivity index (χ0v) is 12.9. The maximum absolute atomic E-state index is 11.9. The molecular formula is C14H11N3O3S2. The summed E-state index contributed by atoms with van der Waals surface area (Å²) in [4.78, 5) is 27.1. The van der Waals surface area contributed by atoms with Gasteiger partial charge in [0.1, 0.15) is 0 Å². The van der Waals surface area contributed by atoms with Crippen molar-refractivity contribution in [3.05, 3.63) is 42.4 Å². The summed E-state index contributed by atoms with van der Waals surface area (Å²) in [5.74, 6) is -0.239. The van der Waals surface area contributed by atoms with Crippen molar-refractivity contribution in [3.8, 4) is 0 Å². The fourth-order valence-corrected chi connectivity index (χ4v) is 3.62. The number of nitrogens with one attached hydrogen (secondary N) is 1. The highest BCUT2D eigenvalue weighted by molar-refractivity contribution is 8.01. The van der Waals surface area contributed by atoms with Gasteiger partial charge < -0.3 is 15.5 Å². The van der Waals surface area contributed by atoms with E-state index in [0.717, 1.165) is 14.6 Å². The highest BCUT2D eigenvalue weighted by Crippen LogP contribution is 2.31. The van der Waals surface area contributed by atoms with Crippen LogP contribution in [0.1, 0.15) is 10.6 Å². The molecule has 3 aromatic rings. The van der Waals surface area contributed by atoms with Gasteiger partial charge in [0.05, 0.1) is 22.2 Å². The minimum absolute atomic E-state index is 0.196. The monoisotopic (exact) mass is 333 g/mol. The molecule has 2 aromatic heterocycles. The van der Waals surface area contributed by atoms with Gasteiger partial charge >= 0.3 is 0 Å². The maximum Gasteiger partial charge on any atom is 0.291 e. The van der Waals surface area contributed by atoms with E-state index in [2.05, 4.69) is 10.3 Å². The minimum Gasteiger partial charge on any atom is -0.459 e. The van der Waals surface area contributed by atoms with Crippen LogP contribution in [0.5, 0.6) is 0 Å². The third-order valence-corrected chi connectivity index (χ3v) is 4.89. The van der Waals surface area contributed by atoms with Gasteiger partial charge in [0, 0.05) is 5.69 Å². The molecule has 0 atom stereocenters. The van der Waals surface area contributed by atoms with Gasteiger partial charge in [-0.1, -0.05) is 11.8 Å². The first-order valence-corrected chi connectivity index (χ1v) is 8.08. The van der Waals surface area contributed by atoms with E-state index < -0.39 is 0 Å². The number of carbonyl (C=O) groups is 2. The van der Waals surface area contributed by atoms with Crippen molar-refractivity contribution in [2.45, 2.75) is 4.34 Å². The number of benzene rings is 1. The number of primary amides is 1. The highest BCUT2D eigenvalue weighted by atomic mass is 32.2. The third-order valence-electron chi connectivity index (χ3n) is 2.71. The summed E-state index contributed by atoms with van der Waals surface area (Å²) in [6.07, 6.45) is 1.45. The Hall–Kier alpha value is -2.32. The number of fused-ring (bicyclic) bond motifs is 1. The maximum atomic E-state index is 11.9. The summed E-state index contributed by atoms with van der Waals surface area (Å²) in [5, 5.41) is 2.76. The van der Waals surface area contributed by atoms with Crippen LogP contribution >= 0.6 is 23.1 Å². The van der Waals surface area contributed by atoms with Gasteiger partial charge in [-0.25, -0.2) is 4.98 Å². The average Bonchev–Trinajstić information content (AvgIpc) is 3.13. The van der Waals surface area contributed by atoms with E-state index in [-0.39, 0.29) is 23.3 Å². The van der Waals surface area contributed by atoms with Crippen molar-refractivity contribution in [2.24, 2.45) is 5.73 Å². The second-order valence-corrected chi connectivity index (χ2v) is 6.60. The topological polar surface area (TPSA) is 98.2 Å². The van der Waals surface area contributed by atoms with Crippen LogP contribution in [-0.4, -0.2) is 22.6 Å². The first-order valence-electron chi connectivity index (χ1n) is 6.28. The Morgan fingerprint density at radius 3 is 2.95 bits per heavy atom. The molecule has 2 amide bonds. The molecule has 0 radical (unpaired) electrons. The van der Waals surface area contributed by atoms with Gasteiger partial charge in [-0.3, -0.25) is 9.59 Å². The number of furan rings is 1. The standard InChI is InChI=1S/C14H11N3O3S2/c15-12(18)7-21-14-17-9-4-3-8(6-11(9)22-14)16-13(19)10-2-1-5-20-10/h1-6H,7H2,(H2,15,18)(H,16,19). The van der Waals surface area contributed by atoms with Crippen LogP contribution in [0.4, 0.5) is 5.69 Å². The predicted octanol–water partition coefficient (Wildman–Crippen LogP) is 2.72. The van der Waals surface area contributed by atoms with Crippen molar-refractivity contribution in [2.75, 3.05) is 11.1 Å². The van der Waals surface area contributed by atoms with Crippen LogP contribution < -0.4 is 11.1 Å². The largest absolute Gasteiger partial charge is 0.459 e. The molecule has 0 aliphatic heterocycles. The van der Waals surface area contributed by atoms with Crippen LogP contribution in [0.25, 0.3) is 10.2 Å². The molecule has 112 valence electrons. The number of thioether (sulfide) groups is 1. The number of aromatic nitrogens is 1. The first-order chi connectivity index (χ1) is 10.6. The molecule has 6 nitrogen and oxygen atoms in total. The van der Waals surface area contributed by atoms with Crippen molar-refractivity contribution in [1.29, 1.82) is 0 Å². The number of hydrogen-bond donors (Lipinski definition) is 2. The number of nitrogens with zero attached hydrogens (tertiary/aromatic N) is 1. The van der Waals surface area contributed by atoms with Gasteiger partial charge in [-0.2, -0.15) is 0 Å². The summed E-state index contributed by atoms with van der Waals surface area (Å²) in [5.41, 5.74) is 6.59. The molecule has 2 heterocycles. The fraction of sp³-hybridized carbons (Fsp3) is 0.0714. The van der Waals surface area contributed by atoms with E-state index in [1.165, 1.54) is 29.4 Å². The van der Waals surface area contributed by atoms with E-state index in [9.17, 15) is 9.59 Å². The molecule has 3 N–H and O–H groups in total. The number of amides is 2. The summed E-state index contributed by atoms with van der Waals surface area (Å²) in [6.45, 7) is 0. The van der Waals surface area contributed by atoms with Gasteiger partial charge in [0.15, 0.2) is 10.1 Å². The normalized spacial score (nSPS) is 10.7. The highest BCUT2D eigenvalue weighted by Gasteiger charge is 2.11. The van der Waals surface area contributed by atoms with Crippen LogP contribution in [0.3, 0.4) is 0 Å². The number of thiazole rings is 1. The molecule has 3 rings (SSSR count). The van der Waals surface area contributed by atoms with Gasteiger partial charge in [-0.05, 0) is 30.3 Å². The summed E-state index contributed by atoms with van der Waals surface area (Å²) in [6, 6.07) is 8.67. The lowest BCUT2D eigenvalue weighted by molar-refractivity contribution is -0.115. The van der Waals surface area contributed by atoms with Crippen molar-refractivity contribution in [3.63, 3.8) is 0 Å². The molecule has 0 bridgehead atoms. The zero-order valence-electron chi connectivity index (χ0n) is 11.2. The Labute approximate surface area is 133 Å². The number of carbonyl (C=O) groups excluding carboxylic acids is 2. The van der Waals surface area contributed by atoms with E-state index in [1.807, 2.05) is 12.1 Å². The SMILES string of the molecule is NC(=O)CSc1nc2ccc(NC(=O)c3ccco3)cc2s1. The van der Waals surface area contributed by atoms with Crippen LogP contribution in [0.15, 0.2) is 45.4 Å². The molecule has 0 saturated heterocycles. The third kappa shape index (κ3) is 3.29. The van der Waals surface area contributed by atoms with Gasteiger partial charge in [-0.15, -0.1) is 11.3 Å². The Kier molecular flexibility index (Phi) is 4.12. The van der Waals surface area contributed by atoms with Crippen molar-refractivity contribution < 1.29 is 14.0 Å². The second kappa shape index (κ2) is 6.20. The molecule has 0 unspecified atom stereocenters. The van der Waals surface area contributed by atoms with Crippen LogP contribution in [-0.2, 0) is 4.79 Å². The molecule has 0 fully saturated rings. The van der Waals surface area contributed by atoms with Gasteiger partial charge in [0.25, 0.3) is 5.91 Å². The number of nitrogens with two attached hydrogens (primary N) is 1. The minimum atomic E-state index is -0.379. The lowest BCUT2D eigenvalue weighted by Crippen LogP contribution is -2.12. The average molecular weight is 333 g/mol. The smallest absolute Gasteiger partial charge is 0.291 e. The predicted molar refractivity (Wildman–Crippen MR) is 86.2 cm³/mol. The number of rotatable bonds is 5. The summed E-state index contributed by atoms with van der Waals surface area (Å²) < 4.78 is 6.73. The van der Waals surface area contributed by atoms with E-state index in [1.54, 1.807) is 18.2 Å². The molecule has 0 spiro atoms. The van der Waals surface area contributed by atoms with Crippen molar-refractivity contribution in [1.82, 2.24) is 4.98 Å². The van der Waals surface area contributed by atoms with E-state index in [4.69, 9.17) is 10.2 Å². The van der Waals surface area contributed by atoms with E-state index >= 15 is 0 Å². The fourth-order valence-electron chi connectivity index (χ4n) is 1.78.